The lowest BCUT2D eigenvalue weighted by molar-refractivity contribution is -0.147. The van der Waals surface area contributed by atoms with Crippen molar-refractivity contribution in [1.29, 1.82) is 0 Å². The normalized spacial score (nSPS) is 18.1. The summed E-state index contributed by atoms with van der Waals surface area (Å²) in [5.74, 6) is -1.61. The number of carboxylic acid groups (broad SMARTS) is 1. The predicted molar refractivity (Wildman–Crippen MR) is 80.3 cm³/mol. The van der Waals surface area contributed by atoms with E-state index in [1.807, 2.05) is 0 Å². The highest BCUT2D eigenvalue weighted by Gasteiger charge is 2.28. The first-order chi connectivity index (χ1) is 10.5. The van der Waals surface area contributed by atoms with Gasteiger partial charge in [0.15, 0.2) is 0 Å². The number of hydrogen-bond acceptors (Lipinski definition) is 4. The van der Waals surface area contributed by atoms with Crippen LogP contribution in [0.15, 0.2) is 0 Å². The number of rotatable bonds is 8. The fraction of sp³-hybridized carbons (Fsp3) is 0.800. The first-order valence-corrected chi connectivity index (χ1v) is 7.69. The van der Waals surface area contributed by atoms with E-state index in [1.54, 1.807) is 19.1 Å². The molecule has 126 valence electrons. The van der Waals surface area contributed by atoms with Gasteiger partial charge in [0.25, 0.3) is 0 Å². The summed E-state index contributed by atoms with van der Waals surface area (Å²) < 4.78 is 4.92. The van der Waals surface area contributed by atoms with Crippen molar-refractivity contribution in [2.75, 3.05) is 40.4 Å². The molecule has 22 heavy (non-hydrogen) atoms. The number of amides is 2. The average Bonchev–Trinajstić information content (AvgIpc) is 2.51. The van der Waals surface area contributed by atoms with Crippen molar-refractivity contribution in [2.45, 2.75) is 32.1 Å². The third-order valence-electron chi connectivity index (χ3n) is 3.91. The van der Waals surface area contributed by atoms with Crippen LogP contribution in [-0.4, -0.2) is 73.1 Å². The Bertz CT molecular complexity index is 399. The Morgan fingerprint density at radius 1 is 1.32 bits per heavy atom. The predicted octanol–water partition coefficient (Wildman–Crippen LogP) is 0.585. The molecule has 0 aromatic heterocycles. The summed E-state index contributed by atoms with van der Waals surface area (Å²) in [4.78, 5) is 38.1. The molecular weight excluding hydrogens is 288 g/mol. The molecule has 1 atom stereocenters. The molecule has 7 nitrogen and oxygen atoms in total. The molecule has 1 saturated heterocycles. The molecule has 0 saturated carbocycles. The maximum atomic E-state index is 12.2. The molecule has 1 unspecified atom stereocenters. The highest BCUT2D eigenvalue weighted by molar-refractivity contribution is 5.85. The molecule has 2 amide bonds. The molecule has 1 N–H and O–H groups in total. The topological polar surface area (TPSA) is 87.2 Å². The third kappa shape index (κ3) is 6.01. The number of likely N-dealkylation sites (tertiary alicyclic amines) is 1. The second-order valence-electron chi connectivity index (χ2n) is 5.72. The van der Waals surface area contributed by atoms with Crippen LogP contribution in [-0.2, 0) is 19.1 Å². The van der Waals surface area contributed by atoms with Crippen molar-refractivity contribution < 1.29 is 24.2 Å². The summed E-state index contributed by atoms with van der Waals surface area (Å²) in [6.07, 6.45) is 3.24. The van der Waals surface area contributed by atoms with Crippen LogP contribution in [0.25, 0.3) is 0 Å². The van der Waals surface area contributed by atoms with Gasteiger partial charge in [-0.25, -0.2) is 0 Å². The van der Waals surface area contributed by atoms with Crippen LogP contribution in [0.5, 0.6) is 0 Å². The monoisotopic (exact) mass is 314 g/mol. The van der Waals surface area contributed by atoms with Gasteiger partial charge in [-0.1, -0.05) is 0 Å². The molecule has 0 bridgehead atoms. The largest absolute Gasteiger partial charge is 0.481 e. The molecule has 1 fully saturated rings. The summed E-state index contributed by atoms with van der Waals surface area (Å²) >= 11 is 0. The van der Waals surface area contributed by atoms with Crippen LogP contribution < -0.4 is 0 Å². The summed E-state index contributed by atoms with van der Waals surface area (Å²) in [5, 5.41) is 9.04. The Kier molecular flexibility index (Phi) is 7.87. The van der Waals surface area contributed by atoms with Gasteiger partial charge in [-0.2, -0.15) is 0 Å². The van der Waals surface area contributed by atoms with Crippen molar-refractivity contribution in [3.63, 3.8) is 0 Å². The number of piperidine rings is 1. The lowest BCUT2D eigenvalue weighted by atomic mass is 9.98. The Morgan fingerprint density at radius 3 is 2.68 bits per heavy atom. The number of likely N-dealkylation sites (N-methyl/N-ethyl adjacent to an activating group) is 1. The number of hydrogen-bond donors (Lipinski definition) is 1. The maximum Gasteiger partial charge on any atom is 0.308 e. The SMILES string of the molecule is COCCCCC(=O)N(C)CC(=O)N1CCCC(C(=O)O)C1. The second-order valence-corrected chi connectivity index (χ2v) is 5.72. The van der Waals surface area contributed by atoms with E-state index in [4.69, 9.17) is 9.84 Å². The summed E-state index contributed by atoms with van der Waals surface area (Å²) in [6.45, 7) is 1.44. The van der Waals surface area contributed by atoms with Crippen LogP contribution in [0, 0.1) is 5.92 Å². The molecule has 0 radical (unpaired) electrons. The van der Waals surface area contributed by atoms with Crippen molar-refractivity contribution in [1.82, 2.24) is 9.80 Å². The molecule has 0 aromatic carbocycles. The Hall–Kier alpha value is -1.63. The molecule has 1 heterocycles. The van der Waals surface area contributed by atoms with Crippen LogP contribution in [0.1, 0.15) is 32.1 Å². The van der Waals surface area contributed by atoms with E-state index in [0.717, 1.165) is 12.8 Å². The number of ether oxygens (including phenoxy) is 1. The van der Waals surface area contributed by atoms with Gasteiger partial charge in [0.05, 0.1) is 12.5 Å². The zero-order chi connectivity index (χ0) is 16.5. The Labute approximate surface area is 131 Å². The van der Waals surface area contributed by atoms with Crippen LogP contribution >= 0.6 is 0 Å². The van der Waals surface area contributed by atoms with Crippen molar-refractivity contribution in [2.24, 2.45) is 5.92 Å². The van der Waals surface area contributed by atoms with Gasteiger partial charge in [-0.15, -0.1) is 0 Å². The van der Waals surface area contributed by atoms with E-state index in [0.29, 0.717) is 32.4 Å². The standard InChI is InChI=1S/C15H26N2O5/c1-16(13(18)7-3-4-9-22-2)11-14(19)17-8-5-6-12(10-17)15(20)21/h12H,3-11H2,1-2H3,(H,20,21). The molecule has 1 rings (SSSR count). The Balaban J connectivity index is 2.36. The lowest BCUT2D eigenvalue weighted by Crippen LogP contribution is -2.46. The number of carbonyl (C=O) groups excluding carboxylic acids is 2. The van der Waals surface area contributed by atoms with Crippen molar-refractivity contribution in [3.05, 3.63) is 0 Å². The Morgan fingerprint density at radius 2 is 2.05 bits per heavy atom. The number of methoxy groups -OCH3 is 1. The maximum absolute atomic E-state index is 12.2. The van der Waals surface area contributed by atoms with E-state index in [1.165, 1.54) is 4.90 Å². The number of unbranched alkanes of at least 4 members (excludes halogenated alkanes) is 1. The van der Waals surface area contributed by atoms with Gasteiger partial charge in [-0.3, -0.25) is 14.4 Å². The van der Waals surface area contributed by atoms with E-state index < -0.39 is 11.9 Å². The highest BCUT2D eigenvalue weighted by atomic mass is 16.5. The molecule has 0 aliphatic carbocycles. The average molecular weight is 314 g/mol. The molecule has 0 aromatic rings. The second kappa shape index (κ2) is 9.40. The fourth-order valence-corrected chi connectivity index (χ4v) is 2.51. The number of carboxylic acids is 1. The zero-order valence-corrected chi connectivity index (χ0v) is 13.4. The number of aliphatic carboxylic acids is 1. The van der Waals surface area contributed by atoms with E-state index in [9.17, 15) is 14.4 Å². The molecular formula is C15H26N2O5. The number of nitrogens with zero attached hydrogens (tertiary/aromatic N) is 2. The first-order valence-electron chi connectivity index (χ1n) is 7.69. The van der Waals surface area contributed by atoms with Gasteiger partial charge in [0, 0.05) is 40.3 Å². The zero-order valence-electron chi connectivity index (χ0n) is 13.4. The summed E-state index contributed by atoms with van der Waals surface area (Å²) in [5.41, 5.74) is 0. The third-order valence-corrected chi connectivity index (χ3v) is 3.91. The fourth-order valence-electron chi connectivity index (χ4n) is 2.51. The minimum atomic E-state index is -0.861. The first kappa shape index (κ1) is 18.4. The van der Waals surface area contributed by atoms with E-state index in [-0.39, 0.29) is 24.9 Å². The minimum absolute atomic E-state index is 0.00938. The van der Waals surface area contributed by atoms with Gasteiger partial charge in [-0.05, 0) is 25.7 Å². The number of carbonyl (C=O) groups is 3. The molecule has 1 aliphatic rings. The molecule has 0 spiro atoms. The highest BCUT2D eigenvalue weighted by Crippen LogP contribution is 2.16. The summed E-state index contributed by atoms with van der Waals surface area (Å²) in [7, 11) is 3.23. The summed E-state index contributed by atoms with van der Waals surface area (Å²) in [6, 6.07) is 0. The van der Waals surface area contributed by atoms with E-state index in [2.05, 4.69) is 0 Å². The minimum Gasteiger partial charge on any atom is -0.481 e. The lowest BCUT2D eigenvalue weighted by Gasteiger charge is -2.32. The van der Waals surface area contributed by atoms with Gasteiger partial charge < -0.3 is 19.6 Å². The van der Waals surface area contributed by atoms with Gasteiger partial charge >= 0.3 is 5.97 Å². The van der Waals surface area contributed by atoms with Crippen LogP contribution in [0.4, 0.5) is 0 Å². The van der Waals surface area contributed by atoms with Gasteiger partial charge in [0.2, 0.25) is 11.8 Å². The molecule has 1 aliphatic heterocycles. The van der Waals surface area contributed by atoms with Crippen molar-refractivity contribution in [3.8, 4) is 0 Å². The van der Waals surface area contributed by atoms with E-state index >= 15 is 0 Å². The van der Waals surface area contributed by atoms with Crippen LogP contribution in [0.3, 0.4) is 0 Å². The molecule has 7 heteroatoms. The van der Waals surface area contributed by atoms with Crippen molar-refractivity contribution >= 4 is 17.8 Å². The van der Waals surface area contributed by atoms with Crippen LogP contribution in [0.2, 0.25) is 0 Å². The smallest absolute Gasteiger partial charge is 0.308 e. The van der Waals surface area contributed by atoms with Gasteiger partial charge in [0.1, 0.15) is 0 Å². The quantitative estimate of drug-likeness (QED) is 0.662.